The largest absolute Gasteiger partial charge is 0.481 e. The van der Waals surface area contributed by atoms with Crippen molar-refractivity contribution in [3.8, 4) is 0 Å². The normalized spacial score (nSPS) is 21.9. The summed E-state index contributed by atoms with van der Waals surface area (Å²) in [7, 11) is 0. The van der Waals surface area contributed by atoms with Gasteiger partial charge in [-0.15, -0.1) is 0 Å². The van der Waals surface area contributed by atoms with Crippen LogP contribution in [-0.4, -0.2) is 78.1 Å². The van der Waals surface area contributed by atoms with E-state index in [0.717, 1.165) is 50.9 Å². The molecule has 34 heavy (non-hydrogen) atoms. The van der Waals surface area contributed by atoms with E-state index in [2.05, 4.69) is 15.1 Å². The van der Waals surface area contributed by atoms with E-state index >= 15 is 0 Å². The number of carbonyl (C=O) groups excluding carboxylic acids is 2. The number of piperazine rings is 1. The van der Waals surface area contributed by atoms with E-state index in [1.807, 2.05) is 17.0 Å². The van der Waals surface area contributed by atoms with E-state index in [1.165, 1.54) is 6.42 Å². The average molecular weight is 472 g/mol. The number of nitrogens with one attached hydrogen (secondary N) is 1. The van der Waals surface area contributed by atoms with Crippen LogP contribution in [0.3, 0.4) is 0 Å². The van der Waals surface area contributed by atoms with Crippen LogP contribution in [0.25, 0.3) is 0 Å². The monoisotopic (exact) mass is 471 g/mol. The molecule has 0 aromatic carbocycles. The zero-order valence-electron chi connectivity index (χ0n) is 20.2. The second-order valence-electron chi connectivity index (χ2n) is 9.89. The number of amides is 2. The molecule has 3 heterocycles. The SMILES string of the molecule is CC(=O)N1CCN(c2nc(N3CCC[C@@H](CC(=O)O)C3)ccc2C(=O)NC2CCCCC2)CC1. The molecule has 2 aliphatic heterocycles. The third-order valence-corrected chi connectivity index (χ3v) is 7.38. The molecule has 3 aliphatic rings. The molecule has 2 N–H and O–H groups in total. The Hall–Kier alpha value is -2.84. The van der Waals surface area contributed by atoms with Crippen LogP contribution in [-0.2, 0) is 9.59 Å². The molecule has 0 unspecified atom stereocenters. The van der Waals surface area contributed by atoms with Crippen molar-refractivity contribution in [2.75, 3.05) is 49.1 Å². The summed E-state index contributed by atoms with van der Waals surface area (Å²) in [5, 5.41) is 12.4. The Kier molecular flexibility index (Phi) is 7.90. The van der Waals surface area contributed by atoms with Gasteiger partial charge in [-0.05, 0) is 43.7 Å². The molecule has 2 saturated heterocycles. The van der Waals surface area contributed by atoms with Gasteiger partial charge in [0, 0.05) is 58.7 Å². The van der Waals surface area contributed by atoms with Crippen LogP contribution in [0.4, 0.5) is 11.6 Å². The number of carboxylic acids is 1. The Morgan fingerprint density at radius 1 is 0.971 bits per heavy atom. The van der Waals surface area contributed by atoms with Crippen LogP contribution in [0.15, 0.2) is 12.1 Å². The topological polar surface area (TPSA) is 106 Å². The van der Waals surface area contributed by atoms with Crippen LogP contribution >= 0.6 is 0 Å². The molecule has 2 amide bonds. The van der Waals surface area contributed by atoms with Gasteiger partial charge in [0.05, 0.1) is 5.56 Å². The summed E-state index contributed by atoms with van der Waals surface area (Å²) in [5.41, 5.74) is 0.574. The van der Waals surface area contributed by atoms with Crippen molar-refractivity contribution in [3.63, 3.8) is 0 Å². The van der Waals surface area contributed by atoms with Gasteiger partial charge in [-0.2, -0.15) is 0 Å². The number of hydrogen-bond donors (Lipinski definition) is 2. The van der Waals surface area contributed by atoms with Crippen molar-refractivity contribution in [2.24, 2.45) is 5.92 Å². The summed E-state index contributed by atoms with van der Waals surface area (Å²) in [4.78, 5) is 47.3. The van der Waals surface area contributed by atoms with Crippen LogP contribution in [0.2, 0.25) is 0 Å². The first-order valence-electron chi connectivity index (χ1n) is 12.7. The number of rotatable bonds is 6. The van der Waals surface area contributed by atoms with Crippen LogP contribution in [0.1, 0.15) is 68.6 Å². The molecule has 0 spiro atoms. The number of aromatic nitrogens is 1. The predicted octanol–water partition coefficient (Wildman–Crippen LogP) is 2.50. The van der Waals surface area contributed by atoms with Gasteiger partial charge in [0.1, 0.15) is 11.6 Å². The molecular formula is C25H37N5O4. The lowest BCUT2D eigenvalue weighted by molar-refractivity contribution is -0.138. The Labute approximate surface area is 201 Å². The number of anilines is 2. The quantitative estimate of drug-likeness (QED) is 0.657. The van der Waals surface area contributed by atoms with Gasteiger partial charge in [-0.25, -0.2) is 4.98 Å². The number of aliphatic carboxylic acids is 1. The Morgan fingerprint density at radius 3 is 2.38 bits per heavy atom. The van der Waals surface area contributed by atoms with E-state index in [4.69, 9.17) is 4.98 Å². The second-order valence-corrected chi connectivity index (χ2v) is 9.89. The lowest BCUT2D eigenvalue weighted by Crippen LogP contribution is -2.49. The number of carbonyl (C=O) groups is 3. The molecule has 1 saturated carbocycles. The molecule has 4 rings (SSSR count). The van der Waals surface area contributed by atoms with E-state index < -0.39 is 5.97 Å². The van der Waals surface area contributed by atoms with Gasteiger partial charge in [0.25, 0.3) is 5.91 Å². The summed E-state index contributed by atoms with van der Waals surface area (Å²) < 4.78 is 0. The lowest BCUT2D eigenvalue weighted by atomic mass is 9.95. The summed E-state index contributed by atoms with van der Waals surface area (Å²) in [6.07, 6.45) is 7.56. The predicted molar refractivity (Wildman–Crippen MR) is 130 cm³/mol. The molecule has 0 bridgehead atoms. The van der Waals surface area contributed by atoms with E-state index in [9.17, 15) is 19.5 Å². The molecule has 1 atom stereocenters. The summed E-state index contributed by atoms with van der Waals surface area (Å²) in [5.74, 6) is 0.762. The zero-order chi connectivity index (χ0) is 24.1. The average Bonchev–Trinajstić information content (AvgIpc) is 2.84. The number of piperidine rings is 1. The maximum Gasteiger partial charge on any atom is 0.303 e. The Bertz CT molecular complexity index is 893. The fraction of sp³-hybridized carbons (Fsp3) is 0.680. The number of pyridine rings is 1. The molecule has 0 radical (unpaired) electrons. The Balaban J connectivity index is 1.56. The van der Waals surface area contributed by atoms with Crippen LogP contribution in [0.5, 0.6) is 0 Å². The number of carboxylic acid groups (broad SMARTS) is 1. The van der Waals surface area contributed by atoms with Gasteiger partial charge < -0.3 is 25.1 Å². The highest BCUT2D eigenvalue weighted by Gasteiger charge is 2.28. The molecule has 186 valence electrons. The first-order valence-corrected chi connectivity index (χ1v) is 12.7. The minimum absolute atomic E-state index is 0.0643. The number of hydrogen-bond acceptors (Lipinski definition) is 6. The fourth-order valence-corrected chi connectivity index (χ4v) is 5.46. The second kappa shape index (κ2) is 11.1. The molecule has 3 fully saturated rings. The van der Waals surface area contributed by atoms with Crippen molar-refractivity contribution in [1.82, 2.24) is 15.2 Å². The zero-order valence-corrected chi connectivity index (χ0v) is 20.2. The highest BCUT2D eigenvalue weighted by molar-refractivity contribution is 5.99. The third-order valence-electron chi connectivity index (χ3n) is 7.38. The minimum Gasteiger partial charge on any atom is -0.481 e. The van der Waals surface area contributed by atoms with Crippen molar-refractivity contribution >= 4 is 29.4 Å². The van der Waals surface area contributed by atoms with Gasteiger partial charge in [0.15, 0.2) is 0 Å². The van der Waals surface area contributed by atoms with Crippen LogP contribution < -0.4 is 15.1 Å². The first-order chi connectivity index (χ1) is 16.4. The fourth-order valence-electron chi connectivity index (χ4n) is 5.46. The third kappa shape index (κ3) is 5.98. The summed E-state index contributed by atoms with van der Waals surface area (Å²) >= 11 is 0. The number of nitrogens with zero attached hydrogens (tertiary/aromatic N) is 4. The summed E-state index contributed by atoms with van der Waals surface area (Å²) in [6, 6.07) is 3.98. The molecule has 1 aromatic rings. The molecular weight excluding hydrogens is 434 g/mol. The maximum atomic E-state index is 13.3. The standard InChI is InChI=1S/C25H37N5O4/c1-18(31)28-12-14-29(15-13-28)24-21(25(34)26-20-7-3-2-4-8-20)9-10-22(27-24)30-11-5-6-19(17-30)16-23(32)33/h9-10,19-20H,2-8,11-17H2,1H3,(H,26,34)(H,32,33)/t19-/m0/s1. The highest BCUT2D eigenvalue weighted by Crippen LogP contribution is 2.29. The van der Waals surface area contributed by atoms with E-state index in [0.29, 0.717) is 44.1 Å². The summed E-state index contributed by atoms with van der Waals surface area (Å²) in [6.45, 7) is 5.54. The van der Waals surface area contributed by atoms with E-state index in [1.54, 1.807) is 6.92 Å². The van der Waals surface area contributed by atoms with Crippen molar-refractivity contribution in [3.05, 3.63) is 17.7 Å². The van der Waals surface area contributed by atoms with Crippen LogP contribution in [0, 0.1) is 5.92 Å². The minimum atomic E-state index is -0.765. The lowest BCUT2D eigenvalue weighted by Gasteiger charge is -2.37. The maximum absolute atomic E-state index is 13.3. The highest BCUT2D eigenvalue weighted by atomic mass is 16.4. The Morgan fingerprint density at radius 2 is 1.71 bits per heavy atom. The first kappa shape index (κ1) is 24.3. The smallest absolute Gasteiger partial charge is 0.303 e. The van der Waals surface area contributed by atoms with Crippen molar-refractivity contribution < 1.29 is 19.5 Å². The van der Waals surface area contributed by atoms with Gasteiger partial charge in [0.2, 0.25) is 5.91 Å². The molecule has 1 aliphatic carbocycles. The van der Waals surface area contributed by atoms with Crippen molar-refractivity contribution in [2.45, 2.75) is 64.3 Å². The van der Waals surface area contributed by atoms with Gasteiger partial charge >= 0.3 is 5.97 Å². The van der Waals surface area contributed by atoms with Gasteiger partial charge in [-0.1, -0.05) is 19.3 Å². The molecule has 9 heteroatoms. The van der Waals surface area contributed by atoms with Crippen molar-refractivity contribution in [1.29, 1.82) is 0 Å². The molecule has 1 aromatic heterocycles. The van der Waals surface area contributed by atoms with E-state index in [-0.39, 0.29) is 30.2 Å². The van der Waals surface area contributed by atoms with Gasteiger partial charge in [-0.3, -0.25) is 14.4 Å². The molecule has 9 nitrogen and oxygen atoms in total.